The Bertz CT molecular complexity index is 1440. The summed E-state index contributed by atoms with van der Waals surface area (Å²) in [7, 11) is 1.41. The van der Waals surface area contributed by atoms with E-state index in [0.29, 0.717) is 52.2 Å². The molecule has 0 saturated carbocycles. The fraction of sp³-hybridized carbons (Fsp3) is 0.469. The Balaban J connectivity index is 1.25. The van der Waals surface area contributed by atoms with E-state index in [1.165, 1.54) is 7.11 Å². The number of hydrogen-bond donors (Lipinski definition) is 1. The fourth-order valence-corrected chi connectivity index (χ4v) is 6.14. The van der Waals surface area contributed by atoms with Crippen LogP contribution in [0.4, 0.5) is 5.95 Å². The van der Waals surface area contributed by atoms with Gasteiger partial charge in [-0.15, -0.1) is 0 Å². The van der Waals surface area contributed by atoms with Crippen molar-refractivity contribution >= 4 is 41.0 Å². The minimum Gasteiger partial charge on any atom is -0.469 e. The van der Waals surface area contributed by atoms with Gasteiger partial charge in [0.15, 0.2) is 5.75 Å². The van der Waals surface area contributed by atoms with E-state index >= 15 is 0 Å². The van der Waals surface area contributed by atoms with E-state index in [-0.39, 0.29) is 11.9 Å². The minimum absolute atomic E-state index is 0.0161. The third-order valence-electron chi connectivity index (χ3n) is 8.12. The molecule has 3 aromatic rings. The van der Waals surface area contributed by atoms with Crippen LogP contribution in [0.1, 0.15) is 31.7 Å². The van der Waals surface area contributed by atoms with Crippen molar-refractivity contribution in [2.24, 2.45) is 5.92 Å². The van der Waals surface area contributed by atoms with Crippen LogP contribution in [-0.4, -0.2) is 96.1 Å². The van der Waals surface area contributed by atoms with Crippen LogP contribution in [0.2, 0.25) is 10.0 Å². The van der Waals surface area contributed by atoms with Gasteiger partial charge in [0.2, 0.25) is 17.7 Å². The van der Waals surface area contributed by atoms with Crippen molar-refractivity contribution in [1.29, 1.82) is 0 Å². The molecule has 240 valence electrons. The summed E-state index contributed by atoms with van der Waals surface area (Å²) in [6.45, 7) is 8.74. The lowest BCUT2D eigenvalue weighted by Crippen LogP contribution is -2.47. The second-order valence-electron chi connectivity index (χ2n) is 11.5. The second-order valence-corrected chi connectivity index (χ2v) is 12.4. The quantitative estimate of drug-likeness (QED) is 0.292. The molecule has 4 heterocycles. The number of carbonyl (C=O) groups is 2. The van der Waals surface area contributed by atoms with Gasteiger partial charge in [0.05, 0.1) is 31.6 Å². The molecule has 5 rings (SSSR count). The van der Waals surface area contributed by atoms with Gasteiger partial charge in [-0.3, -0.25) is 19.4 Å². The summed E-state index contributed by atoms with van der Waals surface area (Å²) >= 11 is 12.7. The molecule has 11 nitrogen and oxygen atoms in total. The van der Waals surface area contributed by atoms with Crippen LogP contribution in [0.25, 0.3) is 11.3 Å². The number of piperidine rings is 1. The van der Waals surface area contributed by atoms with Gasteiger partial charge >= 0.3 is 5.97 Å². The Morgan fingerprint density at radius 3 is 2.27 bits per heavy atom. The zero-order valence-electron chi connectivity index (χ0n) is 25.7. The number of nitrogens with zero attached hydrogens (tertiary/aromatic N) is 6. The summed E-state index contributed by atoms with van der Waals surface area (Å²) < 4.78 is 10.9. The number of pyridine rings is 1. The van der Waals surface area contributed by atoms with Gasteiger partial charge in [0, 0.05) is 74.4 Å². The third-order valence-corrected chi connectivity index (χ3v) is 8.56. The van der Waals surface area contributed by atoms with Crippen LogP contribution < -0.4 is 15.0 Å². The largest absolute Gasteiger partial charge is 0.469 e. The minimum atomic E-state index is -0.195. The molecule has 45 heavy (non-hydrogen) atoms. The smallest absolute Gasteiger partial charge is 0.306 e. The average molecular weight is 657 g/mol. The number of benzene rings is 1. The first-order valence-corrected chi connectivity index (χ1v) is 16.0. The molecule has 0 spiro atoms. The highest BCUT2D eigenvalue weighted by Crippen LogP contribution is 2.31. The third kappa shape index (κ3) is 9.74. The summed E-state index contributed by atoms with van der Waals surface area (Å²) in [4.78, 5) is 43.4. The normalized spacial score (nSPS) is 16.4. The molecule has 2 fully saturated rings. The number of ether oxygens (including phenoxy) is 2. The number of rotatable bonds is 11. The monoisotopic (exact) mass is 655 g/mol. The van der Waals surface area contributed by atoms with Gasteiger partial charge in [-0.05, 0) is 61.7 Å². The zero-order chi connectivity index (χ0) is 31.8. The first kappa shape index (κ1) is 32.9. The molecule has 0 radical (unpaired) electrons. The number of carbonyl (C=O) groups excluding carboxylic acids is 2. The van der Waals surface area contributed by atoms with Gasteiger partial charge in [-0.2, -0.15) is 0 Å². The van der Waals surface area contributed by atoms with E-state index < -0.39 is 0 Å². The number of anilines is 1. The molecular formula is C32H39Cl2N7O4. The van der Waals surface area contributed by atoms with E-state index in [9.17, 15) is 9.59 Å². The summed E-state index contributed by atoms with van der Waals surface area (Å²) in [6.07, 6.45) is 5.76. The van der Waals surface area contributed by atoms with Crippen molar-refractivity contribution in [2.75, 3.05) is 64.4 Å². The Morgan fingerprint density at radius 2 is 1.62 bits per heavy atom. The van der Waals surface area contributed by atoms with E-state index in [0.717, 1.165) is 76.3 Å². The number of aromatic nitrogens is 3. The molecule has 2 aliphatic rings. The number of esters is 1. The predicted molar refractivity (Wildman–Crippen MR) is 174 cm³/mol. The highest BCUT2D eigenvalue weighted by Gasteiger charge is 2.22. The Kier molecular flexibility index (Phi) is 11.4. The van der Waals surface area contributed by atoms with Crippen molar-refractivity contribution in [3.05, 3.63) is 58.3 Å². The number of hydrogen-bond acceptors (Lipinski definition) is 10. The first-order valence-electron chi connectivity index (χ1n) is 15.2. The van der Waals surface area contributed by atoms with Gasteiger partial charge in [0.25, 0.3) is 0 Å². The average Bonchev–Trinajstić information content (AvgIpc) is 3.03. The van der Waals surface area contributed by atoms with E-state index in [1.807, 2.05) is 24.3 Å². The molecule has 2 aliphatic heterocycles. The summed E-state index contributed by atoms with van der Waals surface area (Å²) in [6, 6.07) is 9.36. The highest BCUT2D eigenvalue weighted by atomic mass is 35.5. The number of amides is 1. The topological polar surface area (TPSA) is 113 Å². The van der Waals surface area contributed by atoms with Gasteiger partial charge in [-0.25, -0.2) is 15.0 Å². The van der Waals surface area contributed by atoms with Gasteiger partial charge in [0.1, 0.15) is 0 Å². The van der Waals surface area contributed by atoms with Crippen LogP contribution in [-0.2, 0) is 20.9 Å². The van der Waals surface area contributed by atoms with Crippen LogP contribution in [0.15, 0.2) is 42.7 Å². The molecule has 0 bridgehead atoms. The van der Waals surface area contributed by atoms with Gasteiger partial charge in [-0.1, -0.05) is 23.2 Å². The van der Waals surface area contributed by atoms with Crippen molar-refractivity contribution < 1.29 is 19.1 Å². The van der Waals surface area contributed by atoms with Crippen molar-refractivity contribution in [1.82, 2.24) is 30.1 Å². The lowest BCUT2D eigenvalue weighted by atomic mass is 9.96. The molecule has 1 aromatic carbocycles. The maximum atomic E-state index is 11.5. The molecule has 2 saturated heterocycles. The predicted octanol–water partition coefficient (Wildman–Crippen LogP) is 4.67. The fourth-order valence-electron chi connectivity index (χ4n) is 5.62. The van der Waals surface area contributed by atoms with Crippen LogP contribution in [0, 0.1) is 5.92 Å². The summed E-state index contributed by atoms with van der Waals surface area (Å²) in [5.74, 6) is 1.85. The maximum absolute atomic E-state index is 11.5. The van der Waals surface area contributed by atoms with Crippen LogP contribution in [0.5, 0.6) is 11.6 Å². The van der Waals surface area contributed by atoms with Crippen molar-refractivity contribution in [2.45, 2.75) is 32.7 Å². The standard InChI is InChI=1S/C32H39Cl2N7O4/c1-22(42)35-18-23-3-6-40(7-4-23)21-24-13-29(25-15-26(33)17-27(34)16-25)38-30(14-24)45-28-19-36-32(37-20-28)41-11-9-39(10-12-41)8-5-31(43)44-2/h13-17,19-20,23H,3-12,18,21H2,1-2H3,(H,35,42). The Morgan fingerprint density at radius 1 is 0.933 bits per heavy atom. The van der Waals surface area contributed by atoms with E-state index in [2.05, 4.69) is 30.0 Å². The molecule has 0 unspecified atom stereocenters. The Labute approximate surface area is 273 Å². The lowest BCUT2D eigenvalue weighted by molar-refractivity contribution is -0.141. The SMILES string of the molecule is COC(=O)CCN1CCN(c2ncc(Oc3cc(CN4CCC(CNC(C)=O)CC4)cc(-c4cc(Cl)cc(Cl)c4)n3)cn2)CC1. The van der Waals surface area contributed by atoms with E-state index in [4.69, 9.17) is 37.7 Å². The lowest BCUT2D eigenvalue weighted by Gasteiger charge is -2.34. The maximum Gasteiger partial charge on any atom is 0.306 e. The molecule has 1 amide bonds. The number of methoxy groups -OCH3 is 1. The first-order chi connectivity index (χ1) is 21.7. The second kappa shape index (κ2) is 15.7. The molecule has 13 heteroatoms. The zero-order valence-corrected chi connectivity index (χ0v) is 27.2. The van der Waals surface area contributed by atoms with Crippen molar-refractivity contribution in [3.8, 4) is 22.9 Å². The van der Waals surface area contributed by atoms with Crippen molar-refractivity contribution in [3.63, 3.8) is 0 Å². The molecule has 1 N–H and O–H groups in total. The summed E-state index contributed by atoms with van der Waals surface area (Å²) in [5, 5.41) is 4.00. The molecular weight excluding hydrogens is 617 g/mol. The van der Waals surface area contributed by atoms with Crippen LogP contribution >= 0.6 is 23.2 Å². The molecule has 0 atom stereocenters. The number of nitrogens with one attached hydrogen (secondary N) is 1. The van der Waals surface area contributed by atoms with E-state index in [1.54, 1.807) is 25.4 Å². The van der Waals surface area contributed by atoms with Gasteiger partial charge < -0.3 is 19.7 Å². The highest BCUT2D eigenvalue weighted by molar-refractivity contribution is 6.35. The number of halogens is 2. The number of likely N-dealkylation sites (tertiary alicyclic amines) is 1. The molecule has 0 aliphatic carbocycles. The summed E-state index contributed by atoms with van der Waals surface area (Å²) in [5.41, 5.74) is 2.55. The Hall–Kier alpha value is -3.51. The van der Waals surface area contributed by atoms with Crippen LogP contribution in [0.3, 0.4) is 0 Å². The number of piperazine rings is 1. The molecule has 2 aromatic heterocycles.